The monoisotopic (exact) mass is 432 g/mol. The lowest BCUT2D eigenvalue weighted by molar-refractivity contribution is -0.121. The Balaban J connectivity index is 1.42. The van der Waals surface area contributed by atoms with Crippen LogP contribution in [-0.4, -0.2) is 90.3 Å². The van der Waals surface area contributed by atoms with Crippen LogP contribution in [0.25, 0.3) is 0 Å². The van der Waals surface area contributed by atoms with Gasteiger partial charge in [-0.05, 0) is 30.7 Å². The smallest absolute Gasteiger partial charge is 0.243 e. The zero-order valence-corrected chi connectivity index (χ0v) is 17.7. The van der Waals surface area contributed by atoms with Crippen molar-refractivity contribution in [3.05, 3.63) is 54.7 Å². The average molecular weight is 433 g/mol. The van der Waals surface area contributed by atoms with Crippen molar-refractivity contribution in [1.82, 2.24) is 14.2 Å². The first-order chi connectivity index (χ1) is 14.4. The molecule has 0 saturated carbocycles. The van der Waals surface area contributed by atoms with Crippen LogP contribution in [-0.2, 0) is 10.0 Å². The highest BCUT2D eigenvalue weighted by atomic mass is 32.2. The average Bonchev–Trinajstić information content (AvgIpc) is 2.77. The summed E-state index contributed by atoms with van der Waals surface area (Å²) in [4.78, 5) is 8.85. The molecule has 2 N–H and O–H groups in total. The SMILES string of the molecule is O=S(=O)(c1ccccc1)N1CC[C@H](O)[C@@](O)(CN2CCN(c3ccccn3)CC2)C1. The Morgan fingerprint density at radius 2 is 1.70 bits per heavy atom. The van der Waals surface area contributed by atoms with Gasteiger partial charge in [-0.1, -0.05) is 24.3 Å². The van der Waals surface area contributed by atoms with E-state index in [1.165, 1.54) is 4.31 Å². The maximum atomic E-state index is 13.0. The summed E-state index contributed by atoms with van der Waals surface area (Å²) >= 11 is 0. The van der Waals surface area contributed by atoms with Crippen LogP contribution in [0.5, 0.6) is 0 Å². The molecule has 4 rings (SSSR count). The molecular weight excluding hydrogens is 404 g/mol. The minimum atomic E-state index is -3.71. The second-order valence-corrected chi connectivity index (χ2v) is 9.95. The predicted octanol–water partition coefficient (Wildman–Crippen LogP) is 0.390. The molecule has 1 aromatic carbocycles. The predicted molar refractivity (Wildman–Crippen MR) is 114 cm³/mol. The molecule has 2 saturated heterocycles. The van der Waals surface area contributed by atoms with Gasteiger partial charge in [-0.25, -0.2) is 13.4 Å². The largest absolute Gasteiger partial charge is 0.390 e. The van der Waals surface area contributed by atoms with E-state index >= 15 is 0 Å². The van der Waals surface area contributed by atoms with Crippen LogP contribution in [0.15, 0.2) is 59.6 Å². The number of hydrogen-bond acceptors (Lipinski definition) is 7. The fraction of sp³-hybridized carbons (Fsp3) is 0.476. The number of pyridine rings is 1. The minimum absolute atomic E-state index is 0.119. The van der Waals surface area contributed by atoms with Crippen molar-refractivity contribution in [1.29, 1.82) is 0 Å². The zero-order chi connectivity index (χ0) is 21.2. The molecule has 8 nitrogen and oxygen atoms in total. The van der Waals surface area contributed by atoms with Crippen LogP contribution in [0.2, 0.25) is 0 Å². The third-order valence-corrected chi connectivity index (χ3v) is 7.81. The number of aromatic nitrogens is 1. The molecule has 1 aromatic heterocycles. The molecule has 0 radical (unpaired) electrons. The molecule has 0 aliphatic carbocycles. The Hall–Kier alpha value is -2.04. The van der Waals surface area contributed by atoms with E-state index in [0.29, 0.717) is 13.1 Å². The highest BCUT2D eigenvalue weighted by molar-refractivity contribution is 7.89. The molecule has 0 amide bonds. The Morgan fingerprint density at radius 3 is 2.37 bits per heavy atom. The topological polar surface area (TPSA) is 97.2 Å². The lowest BCUT2D eigenvalue weighted by Gasteiger charge is -2.46. The first kappa shape index (κ1) is 21.2. The summed E-state index contributed by atoms with van der Waals surface area (Å²) in [6.07, 6.45) is 1.01. The van der Waals surface area contributed by atoms with E-state index in [0.717, 1.165) is 18.9 Å². The molecule has 2 fully saturated rings. The number of hydrogen-bond donors (Lipinski definition) is 2. The van der Waals surface area contributed by atoms with Gasteiger partial charge in [0.05, 0.1) is 11.0 Å². The summed E-state index contributed by atoms with van der Waals surface area (Å²) < 4.78 is 27.3. The number of benzene rings is 1. The van der Waals surface area contributed by atoms with Gasteiger partial charge in [0.2, 0.25) is 10.0 Å². The molecule has 162 valence electrons. The molecular formula is C21H28N4O4S. The summed E-state index contributed by atoms with van der Waals surface area (Å²) in [5.41, 5.74) is -1.51. The second-order valence-electron chi connectivity index (χ2n) is 8.01. The summed E-state index contributed by atoms with van der Waals surface area (Å²) in [7, 11) is -3.71. The Labute approximate surface area is 177 Å². The zero-order valence-electron chi connectivity index (χ0n) is 16.8. The van der Waals surface area contributed by atoms with Crippen molar-refractivity contribution in [2.45, 2.75) is 23.0 Å². The maximum Gasteiger partial charge on any atom is 0.243 e. The number of rotatable bonds is 5. The van der Waals surface area contributed by atoms with Crippen molar-refractivity contribution in [3.63, 3.8) is 0 Å². The number of nitrogens with zero attached hydrogens (tertiary/aromatic N) is 4. The number of piperazine rings is 1. The second kappa shape index (κ2) is 8.60. The third-order valence-electron chi connectivity index (χ3n) is 5.95. The van der Waals surface area contributed by atoms with E-state index in [-0.39, 0.29) is 31.0 Å². The molecule has 2 aromatic rings. The number of sulfonamides is 1. The molecule has 0 bridgehead atoms. The summed E-state index contributed by atoms with van der Waals surface area (Å²) in [5, 5.41) is 21.8. The summed E-state index contributed by atoms with van der Waals surface area (Å²) in [6, 6.07) is 14.0. The molecule has 30 heavy (non-hydrogen) atoms. The van der Waals surface area contributed by atoms with Gasteiger partial charge in [0.25, 0.3) is 0 Å². The van der Waals surface area contributed by atoms with Crippen LogP contribution < -0.4 is 4.90 Å². The van der Waals surface area contributed by atoms with E-state index < -0.39 is 21.7 Å². The van der Waals surface area contributed by atoms with Crippen LogP contribution in [0, 0.1) is 0 Å². The first-order valence-electron chi connectivity index (χ1n) is 10.2. The van der Waals surface area contributed by atoms with Crippen LogP contribution in [0.1, 0.15) is 6.42 Å². The Morgan fingerprint density at radius 1 is 1.00 bits per heavy atom. The molecule has 0 spiro atoms. The minimum Gasteiger partial charge on any atom is -0.390 e. The van der Waals surface area contributed by atoms with Crippen molar-refractivity contribution in [2.24, 2.45) is 0 Å². The van der Waals surface area contributed by atoms with Gasteiger partial charge < -0.3 is 15.1 Å². The molecule has 9 heteroatoms. The molecule has 0 unspecified atom stereocenters. The molecule has 3 heterocycles. The van der Waals surface area contributed by atoms with Gasteiger partial charge in [0.15, 0.2) is 0 Å². The number of aliphatic hydroxyl groups is 2. The van der Waals surface area contributed by atoms with Crippen LogP contribution >= 0.6 is 0 Å². The maximum absolute atomic E-state index is 13.0. The van der Waals surface area contributed by atoms with Crippen molar-refractivity contribution in [2.75, 3.05) is 50.7 Å². The van der Waals surface area contributed by atoms with Gasteiger partial charge in [-0.2, -0.15) is 4.31 Å². The van der Waals surface area contributed by atoms with Crippen LogP contribution in [0.3, 0.4) is 0 Å². The lowest BCUT2D eigenvalue weighted by Crippen LogP contribution is -2.64. The fourth-order valence-electron chi connectivity index (χ4n) is 4.19. The van der Waals surface area contributed by atoms with E-state index in [2.05, 4.69) is 14.8 Å². The molecule has 2 aliphatic heterocycles. The lowest BCUT2D eigenvalue weighted by atomic mass is 9.90. The van der Waals surface area contributed by atoms with Crippen molar-refractivity contribution in [3.8, 4) is 0 Å². The molecule has 2 aliphatic rings. The van der Waals surface area contributed by atoms with Crippen molar-refractivity contribution >= 4 is 15.8 Å². The molecule has 2 atom stereocenters. The normalized spacial score (nSPS) is 26.6. The highest BCUT2D eigenvalue weighted by Gasteiger charge is 2.46. The Bertz CT molecular complexity index is 936. The third kappa shape index (κ3) is 4.35. The first-order valence-corrected chi connectivity index (χ1v) is 11.7. The van der Waals surface area contributed by atoms with Gasteiger partial charge in [0.1, 0.15) is 11.4 Å². The van der Waals surface area contributed by atoms with Crippen LogP contribution in [0.4, 0.5) is 5.82 Å². The number of piperidine rings is 1. The van der Waals surface area contributed by atoms with E-state index in [1.807, 2.05) is 18.2 Å². The summed E-state index contributed by atoms with van der Waals surface area (Å²) in [6.45, 7) is 3.23. The van der Waals surface area contributed by atoms with Gasteiger partial charge in [-0.15, -0.1) is 0 Å². The fourth-order valence-corrected chi connectivity index (χ4v) is 5.73. The van der Waals surface area contributed by atoms with E-state index in [4.69, 9.17) is 0 Å². The van der Waals surface area contributed by atoms with Crippen molar-refractivity contribution < 1.29 is 18.6 Å². The van der Waals surface area contributed by atoms with E-state index in [1.54, 1.807) is 36.5 Å². The van der Waals surface area contributed by atoms with E-state index in [9.17, 15) is 18.6 Å². The number of β-amino-alcohol motifs (C(OH)–C–C–N with tert-alkyl or cyclic N) is 1. The van der Waals surface area contributed by atoms with Gasteiger partial charge in [-0.3, -0.25) is 4.90 Å². The van der Waals surface area contributed by atoms with Gasteiger partial charge >= 0.3 is 0 Å². The van der Waals surface area contributed by atoms with Gasteiger partial charge in [0, 0.05) is 52.0 Å². The highest BCUT2D eigenvalue weighted by Crippen LogP contribution is 2.28. The Kier molecular flexibility index (Phi) is 6.08. The summed E-state index contributed by atoms with van der Waals surface area (Å²) in [5.74, 6) is 0.925. The standard InChI is InChI=1S/C21H28N4O4S/c26-19-9-11-25(30(28,29)18-6-2-1-3-7-18)17-21(19,27)16-23-12-14-24(15-13-23)20-8-4-5-10-22-20/h1-8,10,19,26-27H,9,11-17H2/t19-,21+/m0/s1. The quantitative estimate of drug-likeness (QED) is 0.705. The number of anilines is 1. The number of aliphatic hydroxyl groups excluding tert-OH is 1.